The summed E-state index contributed by atoms with van der Waals surface area (Å²) < 4.78 is 5.70. The number of aliphatic hydroxyl groups is 1. The molecule has 120 valence electrons. The maximum Gasteiger partial charge on any atom is 0.205 e. The van der Waals surface area contributed by atoms with E-state index in [1.54, 1.807) is 11.3 Å². The number of tetrazole rings is 1. The Kier molecular flexibility index (Phi) is 4.82. The van der Waals surface area contributed by atoms with Crippen LogP contribution in [-0.2, 0) is 11.3 Å². The van der Waals surface area contributed by atoms with Gasteiger partial charge in [0.15, 0.2) is 0 Å². The van der Waals surface area contributed by atoms with Crippen LogP contribution >= 0.6 is 11.3 Å². The Hall–Kier alpha value is -1.35. The van der Waals surface area contributed by atoms with E-state index >= 15 is 0 Å². The van der Waals surface area contributed by atoms with Crippen molar-refractivity contribution in [2.45, 2.75) is 38.7 Å². The molecule has 3 rings (SSSR count). The zero-order chi connectivity index (χ0) is 15.5. The number of ether oxygens (including phenoxy) is 1. The van der Waals surface area contributed by atoms with Gasteiger partial charge < -0.3 is 9.84 Å². The van der Waals surface area contributed by atoms with Gasteiger partial charge in [-0.25, -0.2) is 0 Å². The Balaban J connectivity index is 1.54. The first-order chi connectivity index (χ1) is 10.6. The quantitative estimate of drug-likeness (QED) is 0.880. The fourth-order valence-electron chi connectivity index (χ4n) is 2.81. The van der Waals surface area contributed by atoms with E-state index in [0.717, 1.165) is 18.7 Å². The molecule has 1 aliphatic heterocycles. The maximum atomic E-state index is 10.3. The van der Waals surface area contributed by atoms with Gasteiger partial charge in [0, 0.05) is 30.6 Å². The second-order valence-corrected chi connectivity index (χ2v) is 6.59. The predicted molar refractivity (Wildman–Crippen MR) is 83.6 cm³/mol. The smallest absolute Gasteiger partial charge is 0.205 e. The van der Waals surface area contributed by atoms with E-state index in [9.17, 15) is 5.11 Å². The molecule has 0 unspecified atom stereocenters. The van der Waals surface area contributed by atoms with Gasteiger partial charge in [0.1, 0.15) is 0 Å². The highest BCUT2D eigenvalue weighted by atomic mass is 32.1. The lowest BCUT2D eigenvalue weighted by Gasteiger charge is -2.36. The van der Waals surface area contributed by atoms with Crippen LogP contribution in [0.15, 0.2) is 16.8 Å². The minimum absolute atomic E-state index is 0.200. The molecule has 0 bridgehead atoms. The number of aliphatic hydroxyl groups excluding tert-OH is 1. The van der Waals surface area contributed by atoms with Gasteiger partial charge in [0.25, 0.3) is 0 Å². The molecule has 0 amide bonds. The second-order valence-electron chi connectivity index (χ2n) is 5.81. The van der Waals surface area contributed by atoms with Crippen molar-refractivity contribution in [2.24, 2.45) is 0 Å². The van der Waals surface area contributed by atoms with E-state index in [2.05, 4.69) is 34.2 Å². The van der Waals surface area contributed by atoms with Crippen LogP contribution in [0, 0.1) is 0 Å². The zero-order valence-electron chi connectivity index (χ0n) is 12.8. The maximum absolute atomic E-state index is 10.3. The van der Waals surface area contributed by atoms with Crippen molar-refractivity contribution in [3.8, 4) is 11.4 Å². The fourth-order valence-corrected chi connectivity index (χ4v) is 3.44. The normalized spacial score (nSPS) is 24.5. The van der Waals surface area contributed by atoms with Gasteiger partial charge in [-0.05, 0) is 30.5 Å². The number of rotatable bonds is 5. The number of thiophene rings is 1. The summed E-state index contributed by atoms with van der Waals surface area (Å²) in [5.74, 6) is 0.599. The van der Waals surface area contributed by atoms with E-state index in [-0.39, 0.29) is 12.2 Å². The van der Waals surface area contributed by atoms with E-state index in [1.165, 1.54) is 4.80 Å². The van der Waals surface area contributed by atoms with E-state index in [1.807, 2.05) is 16.8 Å². The SMILES string of the molecule is C[C@@H]1CN(C[C@H](O)Cn2nnc(-c3ccsc3)n2)C[C@@H](C)O1. The van der Waals surface area contributed by atoms with E-state index in [4.69, 9.17) is 4.74 Å². The minimum Gasteiger partial charge on any atom is -0.390 e. The molecule has 8 heteroatoms. The summed E-state index contributed by atoms with van der Waals surface area (Å²) in [5, 5.41) is 26.6. The first-order valence-corrected chi connectivity index (χ1v) is 8.40. The zero-order valence-corrected chi connectivity index (χ0v) is 13.6. The second kappa shape index (κ2) is 6.82. The molecule has 3 heterocycles. The van der Waals surface area contributed by atoms with Crippen molar-refractivity contribution in [1.29, 1.82) is 0 Å². The molecule has 0 aromatic carbocycles. The standard InChI is InChI=1S/C14H21N5O2S/c1-10-5-18(6-11(2)21-10)7-13(20)8-19-16-14(15-17-19)12-3-4-22-9-12/h3-4,9-11,13,20H,5-8H2,1-2H3/t10-,11-,13+/m1/s1. The number of nitrogens with zero attached hydrogens (tertiary/aromatic N) is 5. The first kappa shape index (κ1) is 15.5. The average molecular weight is 323 g/mol. The summed E-state index contributed by atoms with van der Waals surface area (Å²) in [6.45, 7) is 6.73. The Morgan fingerprint density at radius 3 is 2.82 bits per heavy atom. The highest BCUT2D eigenvalue weighted by molar-refractivity contribution is 7.08. The van der Waals surface area contributed by atoms with Crippen molar-refractivity contribution in [3.05, 3.63) is 16.8 Å². The number of aromatic nitrogens is 4. The largest absolute Gasteiger partial charge is 0.390 e. The molecule has 0 saturated carbocycles. The molecule has 1 fully saturated rings. The Labute approximate surface area is 133 Å². The Morgan fingerprint density at radius 2 is 2.14 bits per heavy atom. The number of β-amino-alcohol motifs (C(OH)–C–C–N with tert-alkyl or cyclic N) is 1. The molecule has 1 saturated heterocycles. The molecule has 0 spiro atoms. The molecule has 2 aromatic heterocycles. The average Bonchev–Trinajstić information content (AvgIpc) is 3.07. The van der Waals surface area contributed by atoms with Gasteiger partial charge in [0.05, 0.1) is 24.9 Å². The third-order valence-corrected chi connectivity index (χ3v) is 4.25. The summed E-state index contributed by atoms with van der Waals surface area (Å²) in [4.78, 5) is 3.69. The third kappa shape index (κ3) is 3.89. The van der Waals surface area contributed by atoms with Crippen molar-refractivity contribution in [2.75, 3.05) is 19.6 Å². The van der Waals surface area contributed by atoms with Gasteiger partial charge in [-0.3, -0.25) is 4.90 Å². The van der Waals surface area contributed by atoms with Gasteiger partial charge in [-0.2, -0.15) is 16.1 Å². The minimum atomic E-state index is -0.526. The highest BCUT2D eigenvalue weighted by Gasteiger charge is 2.24. The summed E-state index contributed by atoms with van der Waals surface area (Å²) in [6.07, 6.45) is -0.127. The molecule has 1 N–H and O–H groups in total. The lowest BCUT2D eigenvalue weighted by molar-refractivity contribution is -0.0776. The van der Waals surface area contributed by atoms with Crippen LogP contribution in [0.4, 0.5) is 0 Å². The number of morpholine rings is 1. The van der Waals surface area contributed by atoms with Crippen LogP contribution in [0.2, 0.25) is 0 Å². The first-order valence-electron chi connectivity index (χ1n) is 7.46. The van der Waals surface area contributed by atoms with Gasteiger partial charge in [-0.1, -0.05) is 0 Å². The third-order valence-electron chi connectivity index (χ3n) is 3.57. The van der Waals surface area contributed by atoms with Gasteiger partial charge in [0.2, 0.25) is 5.82 Å². The van der Waals surface area contributed by atoms with E-state index in [0.29, 0.717) is 18.9 Å². The molecule has 22 heavy (non-hydrogen) atoms. The predicted octanol–water partition coefficient (Wildman–Crippen LogP) is 0.872. The van der Waals surface area contributed by atoms with Crippen LogP contribution in [0.1, 0.15) is 13.8 Å². The van der Waals surface area contributed by atoms with Crippen LogP contribution in [0.3, 0.4) is 0 Å². The molecule has 3 atom stereocenters. The fraction of sp³-hybridized carbons (Fsp3) is 0.643. The van der Waals surface area contributed by atoms with Crippen LogP contribution in [0.5, 0.6) is 0 Å². The van der Waals surface area contributed by atoms with Gasteiger partial charge in [-0.15, -0.1) is 10.2 Å². The van der Waals surface area contributed by atoms with Crippen LogP contribution < -0.4 is 0 Å². The molecule has 0 aliphatic carbocycles. The molecular weight excluding hydrogens is 302 g/mol. The van der Waals surface area contributed by atoms with Crippen LogP contribution in [0.25, 0.3) is 11.4 Å². The molecular formula is C14H21N5O2S. The Bertz CT molecular complexity index is 578. The Morgan fingerprint density at radius 1 is 1.36 bits per heavy atom. The molecule has 1 aliphatic rings. The summed E-state index contributed by atoms with van der Waals surface area (Å²) in [6, 6.07) is 1.96. The lowest BCUT2D eigenvalue weighted by atomic mass is 10.2. The summed E-state index contributed by atoms with van der Waals surface area (Å²) in [7, 11) is 0. The number of hydrogen-bond acceptors (Lipinski definition) is 7. The van der Waals surface area contributed by atoms with Crippen molar-refractivity contribution in [3.63, 3.8) is 0 Å². The summed E-state index contributed by atoms with van der Waals surface area (Å²) >= 11 is 1.60. The summed E-state index contributed by atoms with van der Waals surface area (Å²) in [5.41, 5.74) is 0.960. The van der Waals surface area contributed by atoms with Crippen molar-refractivity contribution >= 4 is 11.3 Å². The highest BCUT2D eigenvalue weighted by Crippen LogP contribution is 2.16. The number of hydrogen-bond donors (Lipinski definition) is 1. The van der Waals surface area contributed by atoms with E-state index < -0.39 is 6.10 Å². The van der Waals surface area contributed by atoms with Crippen LogP contribution in [-0.4, -0.2) is 68.2 Å². The van der Waals surface area contributed by atoms with Crippen molar-refractivity contribution in [1.82, 2.24) is 25.1 Å². The molecule has 7 nitrogen and oxygen atoms in total. The van der Waals surface area contributed by atoms with Crippen molar-refractivity contribution < 1.29 is 9.84 Å². The molecule has 2 aromatic rings. The molecule has 0 radical (unpaired) electrons. The monoisotopic (exact) mass is 323 g/mol. The topological polar surface area (TPSA) is 76.3 Å². The van der Waals surface area contributed by atoms with Gasteiger partial charge >= 0.3 is 0 Å². The lowest BCUT2D eigenvalue weighted by Crippen LogP contribution is -2.48.